The smallest absolute Gasteiger partial charge is 0.227 e. The number of carbonyl (C=O) groups excluding carboxylic acids is 1. The van der Waals surface area contributed by atoms with Crippen molar-refractivity contribution in [2.75, 3.05) is 6.61 Å². The number of aryl methyl sites for hydroxylation is 2. The molecule has 2 aliphatic rings. The van der Waals surface area contributed by atoms with Crippen molar-refractivity contribution in [2.45, 2.75) is 77.4 Å². The van der Waals surface area contributed by atoms with Gasteiger partial charge in [-0.2, -0.15) is 4.98 Å². The van der Waals surface area contributed by atoms with Crippen LogP contribution in [0.15, 0.2) is 4.52 Å². The lowest BCUT2D eigenvalue weighted by molar-refractivity contribution is -0.157. The predicted molar refractivity (Wildman–Crippen MR) is 84.8 cm³/mol. The summed E-state index contributed by atoms with van der Waals surface area (Å²) < 4.78 is 11.0. The number of nitrogens with one attached hydrogen (secondary N) is 1. The Balaban J connectivity index is 1.53. The molecule has 1 aromatic heterocycles. The molecular weight excluding hydrogens is 294 g/mol. The van der Waals surface area contributed by atoms with E-state index in [0.29, 0.717) is 30.7 Å². The maximum absolute atomic E-state index is 12.3. The van der Waals surface area contributed by atoms with Gasteiger partial charge in [-0.15, -0.1) is 0 Å². The fraction of sp³-hybridized carbons (Fsp3) is 0.824. The van der Waals surface area contributed by atoms with Gasteiger partial charge in [0.15, 0.2) is 5.82 Å². The predicted octanol–water partition coefficient (Wildman–Crippen LogP) is 2.55. The summed E-state index contributed by atoms with van der Waals surface area (Å²) in [6.45, 7) is 4.58. The lowest BCUT2D eigenvalue weighted by atomic mass is 9.55. The van der Waals surface area contributed by atoms with Crippen LogP contribution >= 0.6 is 0 Å². The number of ether oxygens (including phenoxy) is 1. The average Bonchev–Trinajstić information content (AvgIpc) is 2.98. The molecule has 0 saturated heterocycles. The van der Waals surface area contributed by atoms with Crippen LogP contribution in [0.3, 0.4) is 0 Å². The van der Waals surface area contributed by atoms with E-state index in [2.05, 4.69) is 22.4 Å². The van der Waals surface area contributed by atoms with E-state index in [1.54, 1.807) is 6.92 Å². The summed E-state index contributed by atoms with van der Waals surface area (Å²) >= 11 is 0. The molecule has 0 aliphatic heterocycles. The van der Waals surface area contributed by atoms with Crippen molar-refractivity contribution < 1.29 is 14.1 Å². The van der Waals surface area contributed by atoms with Gasteiger partial charge in [-0.3, -0.25) is 4.79 Å². The van der Waals surface area contributed by atoms with Crippen LogP contribution < -0.4 is 5.32 Å². The highest BCUT2D eigenvalue weighted by atomic mass is 16.5. The Labute approximate surface area is 137 Å². The molecular formula is C17H27N3O3. The first-order chi connectivity index (χ1) is 11.1. The minimum absolute atomic E-state index is 0.0748. The number of hydrogen-bond acceptors (Lipinski definition) is 5. The molecule has 128 valence electrons. The Morgan fingerprint density at radius 1 is 1.39 bits per heavy atom. The Kier molecular flexibility index (Phi) is 4.99. The van der Waals surface area contributed by atoms with Crippen LogP contribution in [0.4, 0.5) is 0 Å². The van der Waals surface area contributed by atoms with Gasteiger partial charge in [0, 0.05) is 30.9 Å². The van der Waals surface area contributed by atoms with Crippen LogP contribution in [-0.4, -0.2) is 34.8 Å². The standard InChI is InChI=1S/C17H27N3O3/c1-3-22-14-11-13(17(14)9-5-4-6-10-17)19-15(21)7-8-16-18-12(2)20-23-16/h13-14H,3-11H2,1-2H3,(H,19,21)/t13-,14+/m1/s1. The number of nitrogens with zero attached hydrogens (tertiary/aromatic N) is 2. The van der Waals surface area contributed by atoms with Gasteiger partial charge < -0.3 is 14.6 Å². The summed E-state index contributed by atoms with van der Waals surface area (Å²) in [4.78, 5) is 16.4. The molecule has 2 saturated carbocycles. The van der Waals surface area contributed by atoms with Crippen molar-refractivity contribution in [1.29, 1.82) is 0 Å². The molecule has 6 nitrogen and oxygen atoms in total. The van der Waals surface area contributed by atoms with Crippen LogP contribution in [0.2, 0.25) is 0 Å². The van der Waals surface area contributed by atoms with E-state index in [1.807, 2.05) is 0 Å². The summed E-state index contributed by atoms with van der Waals surface area (Å²) in [6, 6.07) is 0.260. The summed E-state index contributed by atoms with van der Waals surface area (Å²) in [5.41, 5.74) is 0.172. The van der Waals surface area contributed by atoms with E-state index >= 15 is 0 Å². The molecule has 0 aromatic carbocycles. The van der Waals surface area contributed by atoms with E-state index in [4.69, 9.17) is 9.26 Å². The first kappa shape index (κ1) is 16.4. The molecule has 23 heavy (non-hydrogen) atoms. The highest BCUT2D eigenvalue weighted by Crippen LogP contribution is 2.53. The van der Waals surface area contributed by atoms with Crippen LogP contribution in [0.1, 0.15) is 63.6 Å². The lowest BCUT2D eigenvalue weighted by Gasteiger charge is -2.57. The lowest BCUT2D eigenvalue weighted by Crippen LogP contribution is -2.65. The van der Waals surface area contributed by atoms with Crippen molar-refractivity contribution in [2.24, 2.45) is 5.41 Å². The molecule has 2 atom stereocenters. The van der Waals surface area contributed by atoms with E-state index in [9.17, 15) is 4.79 Å². The first-order valence-corrected chi connectivity index (χ1v) is 8.84. The van der Waals surface area contributed by atoms with Gasteiger partial charge in [0.25, 0.3) is 0 Å². The van der Waals surface area contributed by atoms with Crippen molar-refractivity contribution in [3.8, 4) is 0 Å². The molecule has 6 heteroatoms. The highest BCUT2D eigenvalue weighted by Gasteiger charge is 2.55. The fourth-order valence-electron chi connectivity index (χ4n) is 4.19. The molecule has 2 fully saturated rings. The fourth-order valence-corrected chi connectivity index (χ4v) is 4.19. The monoisotopic (exact) mass is 321 g/mol. The number of amides is 1. The van der Waals surface area contributed by atoms with Crippen LogP contribution in [0.25, 0.3) is 0 Å². The second-order valence-corrected chi connectivity index (χ2v) is 6.83. The summed E-state index contributed by atoms with van der Waals surface area (Å²) in [7, 11) is 0. The number of rotatable bonds is 6. The zero-order chi connectivity index (χ0) is 16.3. The van der Waals surface area contributed by atoms with Gasteiger partial charge in [-0.25, -0.2) is 0 Å². The van der Waals surface area contributed by atoms with Crippen LogP contribution in [0, 0.1) is 12.3 Å². The third-order valence-corrected chi connectivity index (χ3v) is 5.41. The zero-order valence-corrected chi connectivity index (χ0v) is 14.1. The van der Waals surface area contributed by atoms with Gasteiger partial charge in [0.05, 0.1) is 6.10 Å². The van der Waals surface area contributed by atoms with Gasteiger partial charge >= 0.3 is 0 Å². The molecule has 1 aromatic rings. The van der Waals surface area contributed by atoms with Crippen LogP contribution in [0.5, 0.6) is 0 Å². The maximum Gasteiger partial charge on any atom is 0.227 e. The summed E-state index contributed by atoms with van der Waals surface area (Å²) in [5.74, 6) is 1.22. The average molecular weight is 321 g/mol. The Morgan fingerprint density at radius 2 is 2.17 bits per heavy atom. The van der Waals surface area contributed by atoms with Crippen molar-refractivity contribution in [3.63, 3.8) is 0 Å². The quantitative estimate of drug-likeness (QED) is 0.871. The third-order valence-electron chi connectivity index (χ3n) is 5.41. The normalized spacial score (nSPS) is 26.0. The summed E-state index contributed by atoms with van der Waals surface area (Å²) in [5, 5.41) is 6.98. The molecule has 0 bridgehead atoms. The van der Waals surface area contributed by atoms with E-state index < -0.39 is 0 Å². The largest absolute Gasteiger partial charge is 0.378 e. The molecule has 3 rings (SSSR count). The molecule has 1 N–H and O–H groups in total. The SMILES string of the molecule is CCO[C@H]1C[C@@H](NC(=O)CCc2nc(C)no2)C12CCCCC2. The van der Waals surface area contributed by atoms with E-state index in [1.165, 1.54) is 32.1 Å². The van der Waals surface area contributed by atoms with Crippen molar-refractivity contribution in [3.05, 3.63) is 11.7 Å². The molecule has 1 spiro atoms. The van der Waals surface area contributed by atoms with E-state index in [0.717, 1.165) is 13.0 Å². The van der Waals surface area contributed by atoms with Gasteiger partial charge in [-0.1, -0.05) is 24.4 Å². The Morgan fingerprint density at radius 3 is 2.83 bits per heavy atom. The minimum Gasteiger partial charge on any atom is -0.378 e. The molecule has 0 radical (unpaired) electrons. The second kappa shape index (κ2) is 6.99. The first-order valence-electron chi connectivity index (χ1n) is 8.84. The third kappa shape index (κ3) is 3.42. The minimum atomic E-state index is 0.0748. The second-order valence-electron chi connectivity index (χ2n) is 6.83. The number of carbonyl (C=O) groups is 1. The van der Waals surface area contributed by atoms with Crippen LogP contribution in [-0.2, 0) is 16.0 Å². The maximum atomic E-state index is 12.3. The van der Waals surface area contributed by atoms with Crippen molar-refractivity contribution in [1.82, 2.24) is 15.5 Å². The highest BCUT2D eigenvalue weighted by molar-refractivity contribution is 5.76. The molecule has 0 unspecified atom stereocenters. The van der Waals surface area contributed by atoms with E-state index in [-0.39, 0.29) is 17.4 Å². The van der Waals surface area contributed by atoms with Gasteiger partial charge in [-0.05, 0) is 33.1 Å². The Bertz CT molecular complexity index is 537. The number of hydrogen-bond donors (Lipinski definition) is 1. The van der Waals surface area contributed by atoms with Gasteiger partial charge in [0.2, 0.25) is 11.8 Å². The zero-order valence-electron chi connectivity index (χ0n) is 14.1. The van der Waals surface area contributed by atoms with Gasteiger partial charge in [0.1, 0.15) is 0 Å². The molecule has 1 amide bonds. The molecule has 2 aliphatic carbocycles. The molecule has 1 heterocycles. The van der Waals surface area contributed by atoms with Crippen molar-refractivity contribution >= 4 is 5.91 Å². The summed E-state index contributed by atoms with van der Waals surface area (Å²) in [6.07, 6.45) is 8.30. The topological polar surface area (TPSA) is 77.2 Å². The number of aromatic nitrogens is 2. The Hall–Kier alpha value is -1.43.